The highest BCUT2D eigenvalue weighted by atomic mass is 79.9. The fourth-order valence-electron chi connectivity index (χ4n) is 0.948. The number of carbonyl (C=O) groups excluding carboxylic acids is 1. The van der Waals surface area contributed by atoms with Gasteiger partial charge >= 0.3 is 0 Å². The number of carbonyl (C=O) groups is 1. The molecule has 0 heterocycles. The molecule has 2 N–H and O–H groups in total. The normalized spacial score (nSPS) is 12.5. The van der Waals surface area contributed by atoms with Gasteiger partial charge in [-0.15, -0.1) is 0 Å². The molecule has 0 fully saturated rings. The van der Waals surface area contributed by atoms with Crippen LogP contribution in [0.25, 0.3) is 0 Å². The van der Waals surface area contributed by atoms with Gasteiger partial charge in [0.2, 0.25) is 4.69 Å². The molecule has 0 radical (unpaired) electrons. The van der Waals surface area contributed by atoms with E-state index in [0.29, 0.717) is 6.42 Å². The van der Waals surface area contributed by atoms with Crippen LogP contribution in [0.5, 0.6) is 0 Å². The summed E-state index contributed by atoms with van der Waals surface area (Å²) in [5.41, 5.74) is 6.63. The van der Waals surface area contributed by atoms with Crippen LogP contribution in [0.3, 0.4) is 0 Å². The fourth-order valence-corrected chi connectivity index (χ4v) is 1.11. The minimum atomic E-state index is -0.438. The van der Waals surface area contributed by atoms with Crippen LogP contribution in [0.2, 0.25) is 0 Å². The Morgan fingerprint density at radius 1 is 1.42 bits per heavy atom. The SMILES string of the molecule is N[C@@H](Cc1ccccc1)C(=O)Br. The predicted molar refractivity (Wildman–Crippen MR) is 52.1 cm³/mol. The first-order valence-corrected chi connectivity index (χ1v) is 4.48. The summed E-state index contributed by atoms with van der Waals surface area (Å²) in [4.78, 5) is 10.7. The van der Waals surface area contributed by atoms with Gasteiger partial charge in [0.15, 0.2) is 0 Å². The second kappa shape index (κ2) is 4.38. The molecule has 0 aliphatic heterocycles. The first-order chi connectivity index (χ1) is 5.70. The van der Waals surface area contributed by atoms with Crippen molar-refractivity contribution in [1.82, 2.24) is 0 Å². The van der Waals surface area contributed by atoms with Gasteiger partial charge in [0.1, 0.15) is 0 Å². The lowest BCUT2D eigenvalue weighted by Gasteiger charge is -2.05. The molecule has 2 nitrogen and oxygen atoms in total. The molecule has 0 bridgehead atoms. The summed E-state index contributed by atoms with van der Waals surface area (Å²) < 4.78 is -0.147. The summed E-state index contributed by atoms with van der Waals surface area (Å²) in [7, 11) is 0. The molecule has 0 aromatic heterocycles. The quantitative estimate of drug-likeness (QED) is 0.796. The molecule has 0 aliphatic rings. The van der Waals surface area contributed by atoms with Crippen molar-refractivity contribution < 1.29 is 4.79 Å². The lowest BCUT2D eigenvalue weighted by atomic mass is 10.1. The maximum absolute atomic E-state index is 10.7. The van der Waals surface area contributed by atoms with E-state index in [-0.39, 0.29) is 4.69 Å². The molecule has 1 aromatic carbocycles. The predicted octanol–water partition coefficient (Wildman–Crippen LogP) is 1.48. The van der Waals surface area contributed by atoms with E-state index < -0.39 is 6.04 Å². The molecule has 0 saturated heterocycles. The standard InChI is InChI=1S/C9H10BrNO/c10-9(12)8(11)6-7-4-2-1-3-5-7/h1-5,8H,6,11H2/t8-/m0/s1. The zero-order valence-corrected chi connectivity index (χ0v) is 8.12. The lowest BCUT2D eigenvalue weighted by Crippen LogP contribution is -2.28. The van der Waals surface area contributed by atoms with Gasteiger partial charge in [0, 0.05) is 0 Å². The number of hydrogen-bond acceptors (Lipinski definition) is 2. The van der Waals surface area contributed by atoms with Crippen LogP contribution in [0.15, 0.2) is 30.3 Å². The van der Waals surface area contributed by atoms with E-state index >= 15 is 0 Å². The smallest absolute Gasteiger partial charge is 0.214 e. The van der Waals surface area contributed by atoms with E-state index in [4.69, 9.17) is 5.73 Å². The van der Waals surface area contributed by atoms with Gasteiger partial charge in [-0.3, -0.25) is 4.79 Å². The molecule has 0 unspecified atom stereocenters. The van der Waals surface area contributed by atoms with Crippen LogP contribution >= 0.6 is 15.9 Å². The van der Waals surface area contributed by atoms with Crippen LogP contribution in [0.4, 0.5) is 0 Å². The van der Waals surface area contributed by atoms with E-state index in [1.807, 2.05) is 30.3 Å². The van der Waals surface area contributed by atoms with Crippen molar-refractivity contribution in [2.24, 2.45) is 5.73 Å². The molecular formula is C9H10BrNO. The van der Waals surface area contributed by atoms with Crippen LogP contribution in [0, 0.1) is 0 Å². The molecule has 12 heavy (non-hydrogen) atoms. The van der Waals surface area contributed by atoms with Crippen molar-refractivity contribution >= 4 is 20.6 Å². The largest absolute Gasteiger partial charge is 0.320 e. The monoisotopic (exact) mass is 227 g/mol. The zero-order chi connectivity index (χ0) is 8.97. The topological polar surface area (TPSA) is 43.1 Å². The average Bonchev–Trinajstić information content (AvgIpc) is 2.06. The third-order valence-electron chi connectivity index (χ3n) is 1.59. The first-order valence-electron chi connectivity index (χ1n) is 3.69. The Morgan fingerprint density at radius 2 is 2.00 bits per heavy atom. The number of nitrogens with two attached hydrogens (primary N) is 1. The summed E-state index contributed by atoms with van der Waals surface area (Å²) in [5.74, 6) is 0. The van der Waals surface area contributed by atoms with Crippen molar-refractivity contribution in [2.75, 3.05) is 0 Å². The van der Waals surface area contributed by atoms with Crippen molar-refractivity contribution in [3.63, 3.8) is 0 Å². The van der Waals surface area contributed by atoms with Crippen LogP contribution in [-0.4, -0.2) is 10.7 Å². The van der Waals surface area contributed by atoms with E-state index in [0.717, 1.165) is 5.56 Å². The second-order valence-electron chi connectivity index (χ2n) is 2.60. The highest BCUT2D eigenvalue weighted by Gasteiger charge is 2.09. The summed E-state index contributed by atoms with van der Waals surface area (Å²) in [5, 5.41) is 0. The second-order valence-corrected chi connectivity index (χ2v) is 3.38. The number of halogens is 1. The molecule has 64 valence electrons. The Hall–Kier alpha value is -0.670. The summed E-state index contributed by atoms with van der Waals surface area (Å²) in [6, 6.07) is 9.27. The van der Waals surface area contributed by atoms with Gasteiger partial charge in [0.05, 0.1) is 6.04 Å². The maximum Gasteiger partial charge on any atom is 0.214 e. The molecular weight excluding hydrogens is 218 g/mol. The lowest BCUT2D eigenvalue weighted by molar-refractivity contribution is -0.111. The van der Waals surface area contributed by atoms with Crippen molar-refractivity contribution in [3.05, 3.63) is 35.9 Å². The Bertz CT molecular complexity index is 260. The molecule has 1 rings (SSSR count). The van der Waals surface area contributed by atoms with Gasteiger partial charge in [0.25, 0.3) is 0 Å². The zero-order valence-electron chi connectivity index (χ0n) is 6.53. The summed E-state index contributed by atoms with van der Waals surface area (Å²) in [6.45, 7) is 0. The van der Waals surface area contributed by atoms with Gasteiger partial charge in [-0.05, 0) is 27.9 Å². The van der Waals surface area contributed by atoms with Crippen molar-refractivity contribution in [1.29, 1.82) is 0 Å². The molecule has 0 amide bonds. The summed E-state index contributed by atoms with van der Waals surface area (Å²) in [6.07, 6.45) is 0.588. The Labute approximate surface area is 79.9 Å². The van der Waals surface area contributed by atoms with Gasteiger partial charge in [-0.25, -0.2) is 0 Å². The Kier molecular flexibility index (Phi) is 3.44. The third kappa shape index (κ3) is 2.75. The van der Waals surface area contributed by atoms with Crippen LogP contribution in [0.1, 0.15) is 5.56 Å². The van der Waals surface area contributed by atoms with E-state index in [1.54, 1.807) is 0 Å². The number of hydrogen-bond donors (Lipinski definition) is 1. The first kappa shape index (κ1) is 9.42. The van der Waals surface area contributed by atoms with E-state index in [9.17, 15) is 4.79 Å². The van der Waals surface area contributed by atoms with E-state index in [2.05, 4.69) is 15.9 Å². The van der Waals surface area contributed by atoms with Gasteiger partial charge < -0.3 is 5.73 Å². The van der Waals surface area contributed by atoms with Gasteiger partial charge in [-0.2, -0.15) is 0 Å². The van der Waals surface area contributed by atoms with Gasteiger partial charge in [-0.1, -0.05) is 30.3 Å². The fraction of sp³-hybridized carbons (Fsp3) is 0.222. The van der Waals surface area contributed by atoms with Crippen molar-refractivity contribution in [2.45, 2.75) is 12.5 Å². The highest BCUT2D eigenvalue weighted by Crippen LogP contribution is 2.03. The maximum atomic E-state index is 10.7. The van der Waals surface area contributed by atoms with Crippen LogP contribution < -0.4 is 5.73 Å². The highest BCUT2D eigenvalue weighted by molar-refractivity contribution is 9.18. The number of rotatable bonds is 3. The Morgan fingerprint density at radius 3 is 2.50 bits per heavy atom. The van der Waals surface area contributed by atoms with E-state index in [1.165, 1.54) is 0 Å². The minimum Gasteiger partial charge on any atom is -0.320 e. The minimum absolute atomic E-state index is 0.147. The molecule has 3 heteroatoms. The third-order valence-corrected chi connectivity index (χ3v) is 2.18. The summed E-state index contributed by atoms with van der Waals surface area (Å²) >= 11 is 2.83. The molecule has 1 aromatic rings. The molecule has 0 aliphatic carbocycles. The Balaban J connectivity index is 2.58. The average molecular weight is 228 g/mol. The molecule has 0 spiro atoms. The number of benzene rings is 1. The molecule has 1 atom stereocenters. The van der Waals surface area contributed by atoms with Crippen molar-refractivity contribution in [3.8, 4) is 0 Å². The molecule has 0 saturated carbocycles. The van der Waals surface area contributed by atoms with Crippen LogP contribution in [-0.2, 0) is 11.2 Å².